The van der Waals surface area contributed by atoms with Crippen molar-refractivity contribution < 1.29 is 27.5 Å². The standard InChI is InChI=1S/C19H18F3N3O3/c20-19(21,22)15-10-14(18(27)25-5-7-28-8-6-25)11-16(12-15)24-17(26)9-13-1-3-23-4-2-13/h1-4,10-12H,5-9H2,(H,24,26). The van der Waals surface area contributed by atoms with E-state index >= 15 is 0 Å². The smallest absolute Gasteiger partial charge is 0.378 e. The number of pyridine rings is 1. The summed E-state index contributed by atoms with van der Waals surface area (Å²) in [5.41, 5.74) is -0.531. The quantitative estimate of drug-likeness (QED) is 0.867. The molecule has 2 amide bonds. The van der Waals surface area contributed by atoms with Gasteiger partial charge in [-0.15, -0.1) is 0 Å². The van der Waals surface area contributed by atoms with Gasteiger partial charge >= 0.3 is 6.18 Å². The molecule has 28 heavy (non-hydrogen) atoms. The third-order valence-corrected chi connectivity index (χ3v) is 4.20. The molecule has 0 unspecified atom stereocenters. The maximum atomic E-state index is 13.3. The van der Waals surface area contributed by atoms with Crippen molar-refractivity contribution in [3.8, 4) is 0 Å². The number of nitrogens with zero attached hydrogens (tertiary/aromatic N) is 2. The molecule has 9 heteroatoms. The minimum absolute atomic E-state index is 0.0223. The molecule has 1 saturated heterocycles. The second-order valence-electron chi connectivity index (χ2n) is 6.28. The van der Waals surface area contributed by atoms with E-state index in [-0.39, 0.29) is 17.7 Å². The Morgan fingerprint density at radius 3 is 2.43 bits per heavy atom. The van der Waals surface area contributed by atoms with Crippen molar-refractivity contribution in [2.75, 3.05) is 31.6 Å². The lowest BCUT2D eigenvalue weighted by Crippen LogP contribution is -2.40. The number of carbonyl (C=O) groups excluding carboxylic acids is 2. The van der Waals surface area contributed by atoms with E-state index in [4.69, 9.17) is 4.74 Å². The predicted octanol–water partition coefficient (Wildman–Crippen LogP) is 2.75. The van der Waals surface area contributed by atoms with Crippen LogP contribution in [-0.4, -0.2) is 48.0 Å². The van der Waals surface area contributed by atoms with Gasteiger partial charge in [-0.05, 0) is 35.9 Å². The molecule has 3 rings (SSSR count). The number of hydrogen-bond donors (Lipinski definition) is 1. The van der Waals surface area contributed by atoms with E-state index < -0.39 is 23.6 Å². The van der Waals surface area contributed by atoms with Crippen LogP contribution < -0.4 is 5.32 Å². The Balaban J connectivity index is 1.83. The van der Waals surface area contributed by atoms with Gasteiger partial charge in [0, 0.05) is 36.7 Å². The van der Waals surface area contributed by atoms with Gasteiger partial charge in [-0.3, -0.25) is 14.6 Å². The highest BCUT2D eigenvalue weighted by atomic mass is 19.4. The van der Waals surface area contributed by atoms with Gasteiger partial charge in [0.1, 0.15) is 0 Å². The van der Waals surface area contributed by atoms with Gasteiger partial charge in [0.2, 0.25) is 5.91 Å². The van der Waals surface area contributed by atoms with Gasteiger partial charge in [-0.2, -0.15) is 13.2 Å². The van der Waals surface area contributed by atoms with Gasteiger partial charge in [0.15, 0.2) is 0 Å². The Kier molecular flexibility index (Phi) is 5.93. The normalized spacial score (nSPS) is 14.6. The molecule has 6 nitrogen and oxygen atoms in total. The molecule has 1 aromatic carbocycles. The van der Waals surface area contributed by atoms with Gasteiger partial charge in [-0.1, -0.05) is 0 Å². The summed E-state index contributed by atoms with van der Waals surface area (Å²) in [7, 11) is 0. The zero-order valence-electron chi connectivity index (χ0n) is 14.8. The van der Waals surface area contributed by atoms with E-state index in [0.29, 0.717) is 31.9 Å². The Morgan fingerprint density at radius 2 is 1.79 bits per heavy atom. The summed E-state index contributed by atoms with van der Waals surface area (Å²) in [4.78, 5) is 30.1. The van der Waals surface area contributed by atoms with E-state index in [1.807, 2.05) is 0 Å². The fourth-order valence-corrected chi connectivity index (χ4v) is 2.83. The van der Waals surface area contributed by atoms with E-state index in [0.717, 1.165) is 12.1 Å². The molecule has 148 valence electrons. The van der Waals surface area contributed by atoms with Crippen molar-refractivity contribution >= 4 is 17.5 Å². The maximum absolute atomic E-state index is 13.3. The molecule has 0 saturated carbocycles. The number of nitrogens with one attached hydrogen (secondary N) is 1. The molecule has 0 atom stereocenters. The van der Waals surface area contributed by atoms with Crippen molar-refractivity contribution in [1.29, 1.82) is 0 Å². The van der Waals surface area contributed by atoms with Gasteiger partial charge in [0.05, 0.1) is 25.2 Å². The fraction of sp³-hybridized carbons (Fsp3) is 0.316. The van der Waals surface area contributed by atoms with Crippen LogP contribution in [-0.2, 0) is 22.1 Å². The number of anilines is 1. The minimum atomic E-state index is -4.65. The second kappa shape index (κ2) is 8.39. The van der Waals surface area contributed by atoms with Crippen LogP contribution in [0.4, 0.5) is 18.9 Å². The third-order valence-electron chi connectivity index (χ3n) is 4.20. The van der Waals surface area contributed by atoms with Crippen LogP contribution in [0.2, 0.25) is 0 Å². The van der Waals surface area contributed by atoms with E-state index in [2.05, 4.69) is 10.3 Å². The lowest BCUT2D eigenvalue weighted by atomic mass is 10.1. The minimum Gasteiger partial charge on any atom is -0.378 e. The predicted molar refractivity (Wildman–Crippen MR) is 94.7 cm³/mol. The summed E-state index contributed by atoms with van der Waals surface area (Å²) in [6.45, 7) is 1.28. The van der Waals surface area contributed by atoms with Crippen molar-refractivity contribution in [3.05, 3.63) is 59.4 Å². The first kappa shape index (κ1) is 19.8. The number of hydrogen-bond acceptors (Lipinski definition) is 4. The fourth-order valence-electron chi connectivity index (χ4n) is 2.83. The van der Waals surface area contributed by atoms with Crippen LogP contribution in [0.1, 0.15) is 21.5 Å². The van der Waals surface area contributed by atoms with Crippen molar-refractivity contribution in [2.45, 2.75) is 12.6 Å². The molecule has 0 aliphatic carbocycles. The molecular weight excluding hydrogens is 375 g/mol. The molecule has 0 radical (unpaired) electrons. The Bertz CT molecular complexity index is 850. The van der Waals surface area contributed by atoms with Crippen molar-refractivity contribution in [1.82, 2.24) is 9.88 Å². The molecule has 2 aromatic rings. The Morgan fingerprint density at radius 1 is 1.11 bits per heavy atom. The van der Waals surface area contributed by atoms with Crippen LogP contribution in [0.25, 0.3) is 0 Å². The average molecular weight is 393 g/mol. The largest absolute Gasteiger partial charge is 0.416 e. The Labute approximate surface area is 159 Å². The van der Waals surface area contributed by atoms with Crippen LogP contribution in [0.3, 0.4) is 0 Å². The number of benzene rings is 1. The van der Waals surface area contributed by atoms with Crippen LogP contribution in [0.5, 0.6) is 0 Å². The zero-order valence-corrected chi connectivity index (χ0v) is 14.8. The van der Waals surface area contributed by atoms with Crippen molar-refractivity contribution in [3.63, 3.8) is 0 Å². The first-order valence-electron chi connectivity index (χ1n) is 8.61. The lowest BCUT2D eigenvalue weighted by Gasteiger charge is -2.27. The highest BCUT2D eigenvalue weighted by Crippen LogP contribution is 2.32. The summed E-state index contributed by atoms with van der Waals surface area (Å²) in [5.74, 6) is -1.02. The molecule has 1 N–H and O–H groups in total. The summed E-state index contributed by atoms with van der Waals surface area (Å²) in [6.07, 6.45) is -1.63. The number of carbonyl (C=O) groups is 2. The van der Waals surface area contributed by atoms with Crippen LogP contribution in [0, 0.1) is 0 Å². The number of rotatable bonds is 4. The zero-order chi connectivity index (χ0) is 20.1. The SMILES string of the molecule is O=C(Cc1ccncc1)Nc1cc(C(=O)N2CCOCC2)cc(C(F)(F)F)c1. The van der Waals surface area contributed by atoms with E-state index in [1.54, 1.807) is 12.1 Å². The summed E-state index contributed by atoms with van der Waals surface area (Å²) in [6, 6.07) is 6.16. The third kappa shape index (κ3) is 5.07. The maximum Gasteiger partial charge on any atom is 0.416 e. The van der Waals surface area contributed by atoms with Gasteiger partial charge in [0.25, 0.3) is 5.91 Å². The number of ether oxygens (including phenoxy) is 1. The monoisotopic (exact) mass is 393 g/mol. The molecule has 1 aromatic heterocycles. The van der Waals surface area contributed by atoms with Crippen LogP contribution >= 0.6 is 0 Å². The van der Waals surface area contributed by atoms with E-state index in [1.165, 1.54) is 23.4 Å². The average Bonchev–Trinajstić information content (AvgIpc) is 2.68. The highest BCUT2D eigenvalue weighted by Gasteiger charge is 2.32. The van der Waals surface area contributed by atoms with Crippen molar-refractivity contribution in [2.24, 2.45) is 0 Å². The number of amides is 2. The number of halogens is 3. The topological polar surface area (TPSA) is 71.5 Å². The molecule has 1 fully saturated rings. The summed E-state index contributed by atoms with van der Waals surface area (Å²) < 4.78 is 45.0. The number of alkyl halides is 3. The first-order chi connectivity index (χ1) is 13.3. The summed E-state index contributed by atoms with van der Waals surface area (Å²) >= 11 is 0. The highest BCUT2D eigenvalue weighted by molar-refractivity contribution is 5.98. The van der Waals surface area contributed by atoms with Gasteiger partial charge < -0.3 is 15.0 Å². The molecule has 1 aliphatic rings. The molecule has 0 bridgehead atoms. The number of morpholine rings is 1. The summed E-state index contributed by atoms with van der Waals surface area (Å²) in [5, 5.41) is 2.45. The van der Waals surface area contributed by atoms with Gasteiger partial charge in [-0.25, -0.2) is 0 Å². The number of aromatic nitrogens is 1. The molecular formula is C19H18F3N3O3. The Hall–Kier alpha value is -2.94. The molecule has 0 spiro atoms. The van der Waals surface area contributed by atoms with Crippen LogP contribution in [0.15, 0.2) is 42.7 Å². The second-order valence-corrected chi connectivity index (χ2v) is 6.28. The first-order valence-corrected chi connectivity index (χ1v) is 8.61. The molecule has 2 heterocycles. The van der Waals surface area contributed by atoms with E-state index in [9.17, 15) is 22.8 Å². The molecule has 1 aliphatic heterocycles. The lowest BCUT2D eigenvalue weighted by molar-refractivity contribution is -0.137.